The SMILES string of the molecule is Cc1c(C(=O)OCCc2ccccc2)sc2ncnc(Nc3ccc(S(N)(=O)=O)cc3)c12. The second-order valence-corrected chi connectivity index (χ2v) is 9.59. The predicted molar refractivity (Wildman–Crippen MR) is 124 cm³/mol. The molecule has 3 N–H and O–H groups in total. The lowest BCUT2D eigenvalue weighted by Gasteiger charge is -2.08. The maximum Gasteiger partial charge on any atom is 0.348 e. The number of thiophene rings is 1. The number of carbonyl (C=O) groups excluding carboxylic acids is 1. The Balaban J connectivity index is 1.53. The van der Waals surface area contributed by atoms with Crippen LogP contribution in [0, 0.1) is 6.92 Å². The first-order chi connectivity index (χ1) is 15.3. The lowest BCUT2D eigenvalue weighted by atomic mass is 10.2. The number of sulfonamides is 1. The minimum Gasteiger partial charge on any atom is -0.461 e. The molecule has 0 bridgehead atoms. The number of carbonyl (C=O) groups is 1. The number of primary sulfonamides is 1. The van der Waals surface area contributed by atoms with E-state index in [-0.39, 0.29) is 11.5 Å². The zero-order chi connectivity index (χ0) is 22.7. The number of ether oxygens (including phenoxy) is 1. The highest BCUT2D eigenvalue weighted by Crippen LogP contribution is 2.35. The van der Waals surface area contributed by atoms with E-state index in [2.05, 4.69) is 15.3 Å². The first-order valence-corrected chi connectivity index (χ1v) is 12.0. The van der Waals surface area contributed by atoms with E-state index in [1.807, 2.05) is 37.3 Å². The maximum atomic E-state index is 12.7. The van der Waals surface area contributed by atoms with Crippen LogP contribution in [0.4, 0.5) is 11.5 Å². The second kappa shape index (κ2) is 9.03. The van der Waals surface area contributed by atoms with Crippen molar-refractivity contribution in [2.45, 2.75) is 18.2 Å². The lowest BCUT2D eigenvalue weighted by Crippen LogP contribution is -2.11. The number of nitrogens with zero attached hydrogens (tertiary/aromatic N) is 2. The van der Waals surface area contributed by atoms with Crippen LogP contribution in [0.1, 0.15) is 20.8 Å². The van der Waals surface area contributed by atoms with Gasteiger partial charge in [-0.2, -0.15) is 0 Å². The van der Waals surface area contributed by atoms with Crippen LogP contribution in [0.15, 0.2) is 65.8 Å². The third kappa shape index (κ3) is 4.77. The van der Waals surface area contributed by atoms with Gasteiger partial charge in [-0.3, -0.25) is 0 Å². The smallest absolute Gasteiger partial charge is 0.348 e. The van der Waals surface area contributed by atoms with E-state index >= 15 is 0 Å². The molecular weight excluding hydrogens is 448 g/mol. The standard InChI is InChI=1S/C22H20N4O4S2/c1-14-18-20(26-16-7-9-17(10-8-16)32(23,28)29)24-13-25-21(18)31-19(14)22(27)30-12-11-15-5-3-2-4-6-15/h2-10,13H,11-12H2,1H3,(H2,23,28,29)(H,24,25,26). The molecular formula is C22H20N4O4S2. The van der Waals surface area contributed by atoms with Gasteiger partial charge >= 0.3 is 5.97 Å². The van der Waals surface area contributed by atoms with E-state index in [0.29, 0.717) is 33.0 Å². The number of nitrogens with two attached hydrogens (primary N) is 1. The Bertz CT molecular complexity index is 1370. The molecule has 0 amide bonds. The van der Waals surface area contributed by atoms with Gasteiger partial charge in [-0.25, -0.2) is 28.3 Å². The summed E-state index contributed by atoms with van der Waals surface area (Å²) in [5, 5.41) is 9.00. The van der Waals surface area contributed by atoms with Crippen LogP contribution >= 0.6 is 11.3 Å². The molecule has 0 aliphatic carbocycles. The summed E-state index contributed by atoms with van der Waals surface area (Å²) >= 11 is 1.25. The molecule has 4 rings (SSSR count). The minimum absolute atomic E-state index is 0.0168. The molecule has 0 spiro atoms. The van der Waals surface area contributed by atoms with Gasteiger partial charge in [0, 0.05) is 12.1 Å². The number of fused-ring (bicyclic) bond motifs is 1. The van der Waals surface area contributed by atoms with Gasteiger partial charge in [0.25, 0.3) is 0 Å². The van der Waals surface area contributed by atoms with E-state index in [1.165, 1.54) is 29.8 Å². The van der Waals surface area contributed by atoms with Crippen LogP contribution in [0.25, 0.3) is 10.2 Å². The Morgan fingerprint density at radius 1 is 1.09 bits per heavy atom. The molecule has 4 aromatic rings. The van der Waals surface area contributed by atoms with E-state index in [4.69, 9.17) is 9.88 Å². The van der Waals surface area contributed by atoms with Crippen molar-refractivity contribution in [2.24, 2.45) is 5.14 Å². The van der Waals surface area contributed by atoms with Crippen molar-refractivity contribution >= 4 is 49.1 Å². The Hall–Kier alpha value is -3.34. The number of nitrogens with one attached hydrogen (secondary N) is 1. The van der Waals surface area contributed by atoms with E-state index in [0.717, 1.165) is 11.1 Å². The second-order valence-electron chi connectivity index (χ2n) is 7.02. The number of benzene rings is 2. The van der Waals surface area contributed by atoms with Crippen molar-refractivity contribution < 1.29 is 17.9 Å². The summed E-state index contributed by atoms with van der Waals surface area (Å²) in [6, 6.07) is 15.8. The number of rotatable bonds is 7. The molecule has 164 valence electrons. The Morgan fingerprint density at radius 2 is 1.81 bits per heavy atom. The summed E-state index contributed by atoms with van der Waals surface area (Å²) in [5.41, 5.74) is 2.44. The van der Waals surface area contributed by atoms with Crippen LogP contribution < -0.4 is 10.5 Å². The summed E-state index contributed by atoms with van der Waals surface area (Å²) in [6.45, 7) is 2.11. The topological polar surface area (TPSA) is 124 Å². The van der Waals surface area contributed by atoms with Gasteiger partial charge in [0.05, 0.1) is 16.9 Å². The fraction of sp³-hybridized carbons (Fsp3) is 0.136. The van der Waals surface area contributed by atoms with Gasteiger partial charge in [0.15, 0.2) is 0 Å². The first-order valence-electron chi connectivity index (χ1n) is 9.68. The van der Waals surface area contributed by atoms with Gasteiger partial charge in [-0.15, -0.1) is 11.3 Å². The first kappa shape index (κ1) is 21.9. The molecule has 0 saturated heterocycles. The number of esters is 1. The van der Waals surface area contributed by atoms with Gasteiger partial charge < -0.3 is 10.1 Å². The van der Waals surface area contributed by atoms with Gasteiger partial charge in [0.1, 0.15) is 21.9 Å². The monoisotopic (exact) mass is 468 g/mol. The van der Waals surface area contributed by atoms with Gasteiger partial charge in [0.2, 0.25) is 10.0 Å². The van der Waals surface area contributed by atoms with E-state index in [1.54, 1.807) is 12.1 Å². The molecule has 10 heteroatoms. The van der Waals surface area contributed by atoms with Crippen LogP contribution in [0.3, 0.4) is 0 Å². The van der Waals surface area contributed by atoms with E-state index in [9.17, 15) is 13.2 Å². The van der Waals surface area contributed by atoms with Gasteiger partial charge in [-0.05, 0) is 42.3 Å². The summed E-state index contributed by atoms with van der Waals surface area (Å²) in [6.07, 6.45) is 2.04. The zero-order valence-electron chi connectivity index (χ0n) is 17.1. The van der Waals surface area contributed by atoms with Crippen molar-refractivity contribution in [1.29, 1.82) is 0 Å². The molecule has 0 aliphatic heterocycles. The molecule has 2 aromatic heterocycles. The third-order valence-corrected chi connectivity index (χ3v) is 6.93. The fourth-order valence-corrected chi connectivity index (χ4v) is 4.76. The molecule has 2 aromatic carbocycles. The maximum absolute atomic E-state index is 12.7. The molecule has 0 unspecified atom stereocenters. The molecule has 8 nitrogen and oxygen atoms in total. The molecule has 0 atom stereocenters. The molecule has 0 saturated carbocycles. The number of hydrogen-bond donors (Lipinski definition) is 2. The number of aromatic nitrogens is 2. The normalized spacial score (nSPS) is 11.4. The van der Waals surface area contributed by atoms with Crippen LogP contribution in [0.5, 0.6) is 0 Å². The predicted octanol–water partition coefficient (Wildman–Crippen LogP) is 3.79. The summed E-state index contributed by atoms with van der Waals surface area (Å²) < 4.78 is 28.4. The van der Waals surface area contributed by atoms with Crippen molar-refractivity contribution in [3.63, 3.8) is 0 Å². The minimum atomic E-state index is -3.77. The summed E-state index contributed by atoms with van der Waals surface area (Å²) in [5.74, 6) is 0.111. The number of anilines is 2. The van der Waals surface area contributed by atoms with Crippen LogP contribution in [-0.2, 0) is 21.2 Å². The molecule has 32 heavy (non-hydrogen) atoms. The third-order valence-electron chi connectivity index (χ3n) is 4.82. The number of hydrogen-bond acceptors (Lipinski definition) is 8. The highest BCUT2D eigenvalue weighted by molar-refractivity contribution is 7.89. The van der Waals surface area contributed by atoms with Gasteiger partial charge in [-0.1, -0.05) is 30.3 Å². The number of aryl methyl sites for hydroxylation is 1. The van der Waals surface area contributed by atoms with Crippen molar-refractivity contribution in [2.75, 3.05) is 11.9 Å². The van der Waals surface area contributed by atoms with Crippen molar-refractivity contribution in [3.8, 4) is 0 Å². The Kier molecular flexibility index (Phi) is 6.17. The van der Waals surface area contributed by atoms with E-state index < -0.39 is 16.0 Å². The van der Waals surface area contributed by atoms with Crippen LogP contribution in [0.2, 0.25) is 0 Å². The molecule has 2 heterocycles. The molecule has 0 fully saturated rings. The summed E-state index contributed by atoms with van der Waals surface area (Å²) in [7, 11) is -3.77. The highest BCUT2D eigenvalue weighted by Gasteiger charge is 2.20. The fourth-order valence-electron chi connectivity index (χ4n) is 3.20. The van der Waals surface area contributed by atoms with Crippen molar-refractivity contribution in [3.05, 3.63) is 76.9 Å². The Labute approximate surface area is 189 Å². The average Bonchev–Trinajstić information content (AvgIpc) is 3.12. The quantitative estimate of drug-likeness (QED) is 0.395. The largest absolute Gasteiger partial charge is 0.461 e. The van der Waals surface area contributed by atoms with Crippen LogP contribution in [-0.4, -0.2) is 31.0 Å². The molecule has 0 aliphatic rings. The Morgan fingerprint density at radius 3 is 2.50 bits per heavy atom. The average molecular weight is 469 g/mol. The molecule has 0 radical (unpaired) electrons. The summed E-state index contributed by atoms with van der Waals surface area (Å²) in [4.78, 5) is 22.4. The highest BCUT2D eigenvalue weighted by atomic mass is 32.2. The lowest BCUT2D eigenvalue weighted by molar-refractivity contribution is 0.0514. The van der Waals surface area contributed by atoms with Crippen molar-refractivity contribution in [1.82, 2.24) is 9.97 Å². The zero-order valence-corrected chi connectivity index (χ0v) is 18.7.